The average molecular weight is 241 g/mol. The van der Waals surface area contributed by atoms with Gasteiger partial charge in [-0.3, -0.25) is 9.59 Å². The first-order valence-electron chi connectivity index (χ1n) is 5.50. The Kier molecular flexibility index (Phi) is 2.04. The van der Waals surface area contributed by atoms with Crippen LogP contribution in [0.5, 0.6) is 0 Å². The zero-order chi connectivity index (χ0) is 12.9. The van der Waals surface area contributed by atoms with Gasteiger partial charge >= 0.3 is 0 Å². The van der Waals surface area contributed by atoms with E-state index in [4.69, 9.17) is 5.73 Å². The quantitative estimate of drug-likeness (QED) is 0.669. The molecule has 1 aromatic carbocycles. The van der Waals surface area contributed by atoms with Crippen LogP contribution in [-0.4, -0.2) is 15.5 Å². The van der Waals surface area contributed by atoms with Crippen LogP contribution >= 0.6 is 0 Å². The second-order valence-electron chi connectivity index (χ2n) is 4.19. The minimum Gasteiger partial charge on any atom is -0.366 e. The van der Waals surface area contributed by atoms with Crippen molar-refractivity contribution < 1.29 is 4.79 Å². The maximum Gasteiger partial charge on any atom is 0.258 e. The molecule has 0 saturated heterocycles. The van der Waals surface area contributed by atoms with Crippen LogP contribution in [-0.2, 0) is 7.05 Å². The summed E-state index contributed by atoms with van der Waals surface area (Å²) < 4.78 is 1.88. The van der Waals surface area contributed by atoms with Crippen molar-refractivity contribution in [1.82, 2.24) is 9.55 Å². The Morgan fingerprint density at radius 1 is 1.22 bits per heavy atom. The summed E-state index contributed by atoms with van der Waals surface area (Å²) in [5.74, 6) is -0.531. The number of aromatic amines is 1. The Morgan fingerprint density at radius 3 is 2.67 bits per heavy atom. The first-order valence-corrected chi connectivity index (χ1v) is 5.50. The minimum atomic E-state index is -0.531. The molecule has 0 unspecified atom stereocenters. The number of carbonyl (C=O) groups is 1. The van der Waals surface area contributed by atoms with Crippen LogP contribution < -0.4 is 11.3 Å². The summed E-state index contributed by atoms with van der Waals surface area (Å²) in [6.07, 6.45) is 1.59. The lowest BCUT2D eigenvalue weighted by atomic mass is 10.1. The highest BCUT2D eigenvalue weighted by molar-refractivity contribution is 6.17. The molecule has 0 radical (unpaired) electrons. The molecule has 18 heavy (non-hydrogen) atoms. The molecule has 0 bridgehead atoms. The standard InChI is InChI=1S/C13H11N3O2/c1-16-8-4-2-3-7(12(14)17)10(8)11-9(16)5-6-15-13(11)18/h2-6H,1H3,(H2,14,17)(H,15,18). The summed E-state index contributed by atoms with van der Waals surface area (Å²) in [6, 6.07) is 7.06. The van der Waals surface area contributed by atoms with Crippen molar-refractivity contribution in [2.75, 3.05) is 0 Å². The fourth-order valence-corrected chi connectivity index (χ4v) is 2.41. The smallest absolute Gasteiger partial charge is 0.258 e. The second kappa shape index (κ2) is 3.46. The van der Waals surface area contributed by atoms with Crippen molar-refractivity contribution in [2.45, 2.75) is 0 Å². The van der Waals surface area contributed by atoms with Gasteiger partial charge in [-0.15, -0.1) is 0 Å². The molecule has 5 heteroatoms. The van der Waals surface area contributed by atoms with Gasteiger partial charge in [0.15, 0.2) is 0 Å². The molecular formula is C13H11N3O2. The number of benzene rings is 1. The molecule has 3 rings (SSSR count). The van der Waals surface area contributed by atoms with E-state index in [0.29, 0.717) is 16.3 Å². The third-order valence-electron chi connectivity index (χ3n) is 3.22. The number of fused-ring (bicyclic) bond motifs is 3. The van der Waals surface area contributed by atoms with E-state index in [1.165, 1.54) is 0 Å². The molecule has 0 aliphatic carbocycles. The van der Waals surface area contributed by atoms with E-state index in [0.717, 1.165) is 11.0 Å². The Bertz CT molecular complexity index is 842. The normalized spacial score (nSPS) is 11.2. The van der Waals surface area contributed by atoms with E-state index < -0.39 is 5.91 Å². The second-order valence-corrected chi connectivity index (χ2v) is 4.19. The van der Waals surface area contributed by atoms with Crippen LogP contribution in [0.2, 0.25) is 0 Å². The lowest BCUT2D eigenvalue weighted by Crippen LogP contribution is -2.12. The number of nitrogens with two attached hydrogens (primary N) is 1. The maximum atomic E-state index is 12.0. The predicted octanol–water partition coefficient (Wildman–Crippen LogP) is 1.12. The minimum absolute atomic E-state index is 0.216. The number of amides is 1. The van der Waals surface area contributed by atoms with Crippen molar-refractivity contribution in [3.05, 3.63) is 46.4 Å². The highest BCUT2D eigenvalue weighted by Crippen LogP contribution is 2.27. The molecule has 5 nitrogen and oxygen atoms in total. The number of primary amides is 1. The molecule has 3 N–H and O–H groups in total. The first-order chi connectivity index (χ1) is 8.61. The first kappa shape index (κ1) is 10.6. The summed E-state index contributed by atoms with van der Waals surface area (Å²) in [5, 5.41) is 1.12. The highest BCUT2D eigenvalue weighted by Gasteiger charge is 2.16. The Morgan fingerprint density at radius 2 is 1.94 bits per heavy atom. The van der Waals surface area contributed by atoms with Gasteiger partial charge in [0.05, 0.1) is 10.9 Å². The van der Waals surface area contributed by atoms with Crippen LogP contribution in [0.4, 0.5) is 0 Å². The number of rotatable bonds is 1. The number of nitrogens with zero attached hydrogens (tertiary/aromatic N) is 1. The van der Waals surface area contributed by atoms with Gasteiger partial charge in [-0.2, -0.15) is 0 Å². The van der Waals surface area contributed by atoms with Gasteiger partial charge in [-0.25, -0.2) is 0 Å². The predicted molar refractivity (Wildman–Crippen MR) is 69.6 cm³/mol. The van der Waals surface area contributed by atoms with E-state index in [2.05, 4.69) is 4.98 Å². The molecule has 0 fully saturated rings. The van der Waals surface area contributed by atoms with Crippen LogP contribution in [0, 0.1) is 0 Å². The summed E-state index contributed by atoms with van der Waals surface area (Å²) in [5.41, 5.74) is 7.12. The van der Waals surface area contributed by atoms with Gasteiger partial charge < -0.3 is 15.3 Å². The number of aryl methyl sites for hydroxylation is 1. The van der Waals surface area contributed by atoms with Crippen LogP contribution in [0.25, 0.3) is 21.8 Å². The lowest BCUT2D eigenvalue weighted by Gasteiger charge is -1.99. The molecule has 3 aromatic rings. The summed E-state index contributed by atoms with van der Waals surface area (Å²) in [7, 11) is 1.86. The average Bonchev–Trinajstić information content (AvgIpc) is 2.65. The highest BCUT2D eigenvalue weighted by atomic mass is 16.1. The van der Waals surface area contributed by atoms with Crippen molar-refractivity contribution >= 4 is 27.7 Å². The van der Waals surface area contributed by atoms with Crippen LogP contribution in [0.1, 0.15) is 10.4 Å². The maximum absolute atomic E-state index is 12.0. The monoisotopic (exact) mass is 241 g/mol. The lowest BCUT2D eigenvalue weighted by molar-refractivity contribution is 0.100. The molecule has 2 aromatic heterocycles. The van der Waals surface area contributed by atoms with Crippen LogP contribution in [0.3, 0.4) is 0 Å². The van der Waals surface area contributed by atoms with Gasteiger partial charge in [0.1, 0.15) is 0 Å². The van der Waals surface area contributed by atoms with Gasteiger partial charge in [-0.1, -0.05) is 6.07 Å². The molecule has 0 aliphatic rings. The molecule has 0 aliphatic heterocycles. The van der Waals surface area contributed by atoms with Gasteiger partial charge in [0.2, 0.25) is 5.91 Å². The van der Waals surface area contributed by atoms with E-state index in [9.17, 15) is 9.59 Å². The fraction of sp³-hybridized carbons (Fsp3) is 0.0769. The summed E-state index contributed by atoms with van der Waals surface area (Å²) in [4.78, 5) is 26.1. The summed E-state index contributed by atoms with van der Waals surface area (Å²) in [6.45, 7) is 0. The number of pyridine rings is 1. The van der Waals surface area contributed by atoms with Crippen molar-refractivity contribution in [2.24, 2.45) is 12.8 Å². The van der Waals surface area contributed by atoms with Crippen molar-refractivity contribution in [3.63, 3.8) is 0 Å². The Balaban J connectivity index is 2.72. The topological polar surface area (TPSA) is 80.9 Å². The number of aromatic nitrogens is 2. The molecule has 2 heterocycles. The zero-order valence-electron chi connectivity index (χ0n) is 9.73. The third kappa shape index (κ3) is 1.21. The molecule has 0 saturated carbocycles. The summed E-state index contributed by atoms with van der Waals surface area (Å²) >= 11 is 0. The van der Waals surface area contributed by atoms with Gasteiger partial charge in [0, 0.05) is 29.7 Å². The Labute approximate surface area is 102 Å². The molecule has 90 valence electrons. The van der Waals surface area contributed by atoms with Gasteiger partial charge in [-0.05, 0) is 18.2 Å². The zero-order valence-corrected chi connectivity index (χ0v) is 9.73. The Hall–Kier alpha value is -2.56. The molecule has 0 spiro atoms. The number of nitrogens with one attached hydrogen (secondary N) is 1. The molecule has 0 atom stereocenters. The number of hydrogen-bond acceptors (Lipinski definition) is 2. The number of hydrogen-bond donors (Lipinski definition) is 2. The number of H-pyrrole nitrogens is 1. The largest absolute Gasteiger partial charge is 0.366 e. The van der Waals surface area contributed by atoms with E-state index in [-0.39, 0.29) is 5.56 Å². The van der Waals surface area contributed by atoms with Crippen molar-refractivity contribution in [3.8, 4) is 0 Å². The number of carbonyl (C=O) groups excluding carboxylic acids is 1. The molecule has 1 amide bonds. The third-order valence-corrected chi connectivity index (χ3v) is 3.22. The van der Waals surface area contributed by atoms with Crippen LogP contribution in [0.15, 0.2) is 35.3 Å². The van der Waals surface area contributed by atoms with Crippen molar-refractivity contribution in [1.29, 1.82) is 0 Å². The van der Waals surface area contributed by atoms with E-state index >= 15 is 0 Å². The van der Waals surface area contributed by atoms with E-state index in [1.54, 1.807) is 18.3 Å². The van der Waals surface area contributed by atoms with Gasteiger partial charge in [0.25, 0.3) is 5.56 Å². The fourth-order valence-electron chi connectivity index (χ4n) is 2.41. The SMILES string of the molecule is Cn1c2cccc(C(N)=O)c2c2c(=O)[nH]ccc21. The molecular weight excluding hydrogens is 230 g/mol. The van der Waals surface area contributed by atoms with E-state index in [1.807, 2.05) is 23.7 Å².